The van der Waals surface area contributed by atoms with Gasteiger partial charge in [0, 0.05) is 16.8 Å². The highest BCUT2D eigenvalue weighted by atomic mass is 32.1. The predicted molar refractivity (Wildman–Crippen MR) is 99.3 cm³/mol. The predicted octanol–water partition coefficient (Wildman–Crippen LogP) is 3.70. The zero-order valence-electron chi connectivity index (χ0n) is 13.9. The van der Waals surface area contributed by atoms with Gasteiger partial charge in [-0.15, -0.1) is 22.7 Å². The number of hydrogen-bond donors (Lipinski definition) is 1. The number of amides is 2. The second kappa shape index (κ2) is 7.43. The number of furan rings is 1. The van der Waals surface area contributed by atoms with Crippen LogP contribution in [0, 0.1) is 0 Å². The molecule has 4 rings (SSSR count). The van der Waals surface area contributed by atoms with Crippen LogP contribution in [0.15, 0.2) is 45.8 Å². The van der Waals surface area contributed by atoms with Gasteiger partial charge in [-0.1, -0.05) is 0 Å². The van der Waals surface area contributed by atoms with Gasteiger partial charge in [0.2, 0.25) is 0 Å². The van der Waals surface area contributed by atoms with Crippen molar-refractivity contribution in [2.75, 3.05) is 6.54 Å². The first-order valence-electron chi connectivity index (χ1n) is 8.32. The molecule has 1 N–H and O–H groups in total. The van der Waals surface area contributed by atoms with Crippen LogP contribution >= 0.6 is 22.7 Å². The lowest BCUT2D eigenvalue weighted by Gasteiger charge is -2.23. The zero-order chi connectivity index (χ0) is 17.9. The zero-order valence-corrected chi connectivity index (χ0v) is 15.5. The van der Waals surface area contributed by atoms with E-state index in [1.165, 1.54) is 22.7 Å². The molecule has 0 spiro atoms. The van der Waals surface area contributed by atoms with E-state index in [9.17, 15) is 9.59 Å². The van der Waals surface area contributed by atoms with E-state index in [0.717, 1.165) is 24.3 Å². The van der Waals surface area contributed by atoms with Crippen LogP contribution < -0.4 is 5.32 Å². The molecule has 0 bridgehead atoms. The lowest BCUT2D eigenvalue weighted by Crippen LogP contribution is -2.30. The van der Waals surface area contributed by atoms with Gasteiger partial charge < -0.3 is 14.6 Å². The fourth-order valence-corrected chi connectivity index (χ4v) is 4.69. The van der Waals surface area contributed by atoms with Crippen molar-refractivity contribution in [3.8, 4) is 0 Å². The lowest BCUT2D eigenvalue weighted by molar-refractivity contribution is 0.0732. The van der Waals surface area contributed by atoms with Crippen LogP contribution in [0.25, 0.3) is 0 Å². The van der Waals surface area contributed by atoms with Gasteiger partial charge in [0.25, 0.3) is 11.8 Å². The fourth-order valence-electron chi connectivity index (χ4n) is 3.09. The molecule has 3 aromatic rings. The number of carbonyl (C=O) groups excluding carboxylic acids is 2. The van der Waals surface area contributed by atoms with Gasteiger partial charge in [0.15, 0.2) is 0 Å². The molecule has 0 unspecified atom stereocenters. The summed E-state index contributed by atoms with van der Waals surface area (Å²) in [5.74, 6) is 0.546. The summed E-state index contributed by atoms with van der Waals surface area (Å²) in [6.07, 6.45) is 3.45. The largest absolute Gasteiger partial charge is 0.467 e. The molecule has 8 heteroatoms. The second-order valence-corrected chi connectivity index (χ2v) is 7.83. The molecule has 6 nitrogen and oxygen atoms in total. The lowest BCUT2D eigenvalue weighted by atomic mass is 10.2. The summed E-state index contributed by atoms with van der Waals surface area (Å²) < 4.78 is 5.22. The molecule has 3 aromatic heterocycles. The Morgan fingerprint density at radius 3 is 3.04 bits per heavy atom. The third-order valence-corrected chi connectivity index (χ3v) is 6.12. The van der Waals surface area contributed by atoms with Gasteiger partial charge >= 0.3 is 0 Å². The van der Waals surface area contributed by atoms with Crippen LogP contribution in [0.4, 0.5) is 0 Å². The van der Waals surface area contributed by atoms with E-state index < -0.39 is 0 Å². The molecule has 1 atom stereocenters. The number of aromatic nitrogens is 1. The Bertz CT molecular complexity index is 887. The average molecular weight is 387 g/mol. The maximum atomic E-state index is 12.7. The summed E-state index contributed by atoms with van der Waals surface area (Å²) in [5, 5.41) is 4.63. The Hall–Kier alpha value is -2.45. The number of thiophene rings is 1. The van der Waals surface area contributed by atoms with Crippen LogP contribution in [0.5, 0.6) is 0 Å². The van der Waals surface area contributed by atoms with Gasteiger partial charge in [-0.3, -0.25) is 9.59 Å². The normalized spacial score (nSPS) is 16.8. The summed E-state index contributed by atoms with van der Waals surface area (Å²) >= 11 is 2.86. The molecule has 0 saturated carbocycles. The molecule has 1 aliphatic heterocycles. The highest BCUT2D eigenvalue weighted by Crippen LogP contribution is 2.36. The molecule has 134 valence electrons. The van der Waals surface area contributed by atoms with E-state index in [2.05, 4.69) is 10.3 Å². The van der Waals surface area contributed by atoms with Gasteiger partial charge in [0.05, 0.1) is 29.2 Å². The first-order valence-corrected chi connectivity index (χ1v) is 10.1. The Morgan fingerprint density at radius 2 is 2.27 bits per heavy atom. The number of thiazole rings is 1. The molecule has 26 heavy (non-hydrogen) atoms. The monoisotopic (exact) mass is 387 g/mol. The number of nitrogens with one attached hydrogen (secondary N) is 1. The van der Waals surface area contributed by atoms with Crippen molar-refractivity contribution in [2.24, 2.45) is 0 Å². The molecule has 1 aliphatic rings. The van der Waals surface area contributed by atoms with Gasteiger partial charge in [-0.05, 0) is 37.1 Å². The summed E-state index contributed by atoms with van der Waals surface area (Å²) in [6, 6.07) is 7.39. The van der Waals surface area contributed by atoms with Crippen LogP contribution in [-0.2, 0) is 6.54 Å². The topological polar surface area (TPSA) is 75.4 Å². The summed E-state index contributed by atoms with van der Waals surface area (Å²) in [7, 11) is 0. The van der Waals surface area contributed by atoms with E-state index in [1.807, 2.05) is 23.1 Å². The van der Waals surface area contributed by atoms with Crippen molar-refractivity contribution in [1.82, 2.24) is 15.2 Å². The third kappa shape index (κ3) is 3.42. The Kier molecular flexibility index (Phi) is 4.85. The average Bonchev–Trinajstić information content (AvgIpc) is 3.45. The van der Waals surface area contributed by atoms with E-state index >= 15 is 0 Å². The Balaban J connectivity index is 1.44. The maximum absolute atomic E-state index is 12.7. The highest BCUT2D eigenvalue weighted by Gasteiger charge is 2.32. The quantitative estimate of drug-likeness (QED) is 0.724. The van der Waals surface area contributed by atoms with Gasteiger partial charge in [-0.2, -0.15) is 0 Å². The number of carbonyl (C=O) groups is 2. The summed E-state index contributed by atoms with van der Waals surface area (Å²) in [6.45, 7) is 1.08. The molecular weight excluding hydrogens is 370 g/mol. The third-order valence-electron chi connectivity index (χ3n) is 4.35. The van der Waals surface area contributed by atoms with E-state index in [-0.39, 0.29) is 17.9 Å². The Labute approximate surface area is 158 Å². The Morgan fingerprint density at radius 1 is 1.35 bits per heavy atom. The SMILES string of the molecule is O=C(NCc1ccco1)c1ccc([C@H]2CCCN2C(=O)c2cscn2)s1. The number of hydrogen-bond acceptors (Lipinski definition) is 6. The maximum Gasteiger partial charge on any atom is 0.273 e. The minimum atomic E-state index is -0.131. The summed E-state index contributed by atoms with van der Waals surface area (Å²) in [5.41, 5.74) is 2.17. The first kappa shape index (κ1) is 17.0. The first-order chi connectivity index (χ1) is 12.7. The molecule has 0 aromatic carbocycles. The number of nitrogens with zero attached hydrogens (tertiary/aromatic N) is 2. The molecule has 0 radical (unpaired) electrons. The van der Waals surface area contributed by atoms with E-state index in [0.29, 0.717) is 22.9 Å². The molecule has 1 saturated heterocycles. The van der Waals surface area contributed by atoms with Gasteiger partial charge in [0.1, 0.15) is 11.5 Å². The van der Waals surface area contributed by atoms with Gasteiger partial charge in [-0.25, -0.2) is 4.98 Å². The van der Waals surface area contributed by atoms with Crippen molar-refractivity contribution in [2.45, 2.75) is 25.4 Å². The number of likely N-dealkylation sites (tertiary alicyclic amines) is 1. The van der Waals surface area contributed by atoms with Crippen molar-refractivity contribution in [3.05, 3.63) is 62.6 Å². The van der Waals surface area contributed by atoms with E-state index in [4.69, 9.17) is 4.42 Å². The van der Waals surface area contributed by atoms with Crippen molar-refractivity contribution in [1.29, 1.82) is 0 Å². The van der Waals surface area contributed by atoms with Crippen LogP contribution in [0.3, 0.4) is 0 Å². The highest BCUT2D eigenvalue weighted by molar-refractivity contribution is 7.14. The molecule has 2 amide bonds. The van der Waals surface area contributed by atoms with Crippen molar-refractivity contribution in [3.63, 3.8) is 0 Å². The molecular formula is C18H17N3O3S2. The van der Waals surface area contributed by atoms with Crippen molar-refractivity contribution >= 4 is 34.5 Å². The standard InChI is InChI=1S/C18H17N3O3S2/c22-17(19-9-12-3-2-8-24-12)16-6-5-15(26-16)14-4-1-7-21(14)18(23)13-10-25-11-20-13/h2-3,5-6,8,10-11,14H,1,4,7,9H2,(H,19,22)/t14-/m1/s1. The van der Waals surface area contributed by atoms with Crippen molar-refractivity contribution < 1.29 is 14.0 Å². The van der Waals surface area contributed by atoms with Crippen LogP contribution in [0.1, 0.15) is 49.7 Å². The molecule has 4 heterocycles. The summed E-state index contributed by atoms with van der Waals surface area (Å²) in [4.78, 5) is 32.7. The minimum Gasteiger partial charge on any atom is -0.467 e. The fraction of sp³-hybridized carbons (Fsp3) is 0.278. The van der Waals surface area contributed by atoms with Crippen LogP contribution in [-0.4, -0.2) is 28.2 Å². The molecule has 0 aliphatic carbocycles. The minimum absolute atomic E-state index is 0.0147. The second-order valence-electron chi connectivity index (χ2n) is 5.99. The van der Waals surface area contributed by atoms with Crippen LogP contribution in [0.2, 0.25) is 0 Å². The smallest absolute Gasteiger partial charge is 0.273 e. The van der Waals surface area contributed by atoms with E-state index in [1.54, 1.807) is 23.2 Å². The number of rotatable bonds is 5. The molecule has 1 fully saturated rings.